The molecule has 0 aromatic heterocycles. The zero-order valence-electron chi connectivity index (χ0n) is 10.7. The van der Waals surface area contributed by atoms with Gasteiger partial charge in [0.25, 0.3) is 5.69 Å². The number of benzene rings is 1. The van der Waals surface area contributed by atoms with Crippen molar-refractivity contribution < 1.29 is 9.72 Å². The zero-order chi connectivity index (χ0) is 13.8. The standard InChI is InChI=1S/C12H16N4O3/c1-13-9-6-10(8-11(7-9)16(18)19)15-4-2-12(17)14-3-5-15/h6-8,13H,2-5H2,1H3,(H,14,17). The molecule has 1 saturated heterocycles. The molecule has 1 aliphatic rings. The summed E-state index contributed by atoms with van der Waals surface area (Å²) in [6.07, 6.45) is 0.400. The van der Waals surface area contributed by atoms with Gasteiger partial charge in [-0.3, -0.25) is 14.9 Å². The highest BCUT2D eigenvalue weighted by atomic mass is 16.6. The fraction of sp³-hybridized carbons (Fsp3) is 0.417. The molecule has 0 unspecified atom stereocenters. The van der Waals surface area contributed by atoms with Crippen LogP contribution in [0.15, 0.2) is 18.2 Å². The maximum Gasteiger partial charge on any atom is 0.273 e. The fourth-order valence-corrected chi connectivity index (χ4v) is 2.05. The largest absolute Gasteiger partial charge is 0.388 e. The Morgan fingerprint density at radius 2 is 2.16 bits per heavy atom. The van der Waals surface area contributed by atoms with E-state index < -0.39 is 4.92 Å². The summed E-state index contributed by atoms with van der Waals surface area (Å²) in [4.78, 5) is 23.8. The van der Waals surface area contributed by atoms with E-state index in [9.17, 15) is 14.9 Å². The third-order valence-corrected chi connectivity index (χ3v) is 3.08. The first kappa shape index (κ1) is 13.1. The summed E-state index contributed by atoms with van der Waals surface area (Å²) >= 11 is 0. The van der Waals surface area contributed by atoms with Gasteiger partial charge in [-0.25, -0.2) is 0 Å². The second kappa shape index (κ2) is 5.55. The van der Waals surface area contributed by atoms with Crippen LogP contribution in [0.4, 0.5) is 17.1 Å². The van der Waals surface area contributed by atoms with Gasteiger partial charge in [0.15, 0.2) is 0 Å². The number of anilines is 2. The molecule has 1 aromatic rings. The highest BCUT2D eigenvalue weighted by Crippen LogP contribution is 2.27. The Morgan fingerprint density at radius 1 is 1.37 bits per heavy atom. The van der Waals surface area contributed by atoms with Crippen molar-refractivity contribution in [3.63, 3.8) is 0 Å². The number of rotatable bonds is 3. The van der Waals surface area contributed by atoms with Crippen molar-refractivity contribution in [3.8, 4) is 0 Å². The Morgan fingerprint density at radius 3 is 2.84 bits per heavy atom. The molecule has 7 nitrogen and oxygen atoms in total. The topological polar surface area (TPSA) is 87.5 Å². The van der Waals surface area contributed by atoms with E-state index in [2.05, 4.69) is 10.6 Å². The molecule has 2 rings (SSSR count). The average Bonchev–Trinajstić information content (AvgIpc) is 2.63. The summed E-state index contributed by atoms with van der Waals surface area (Å²) in [5, 5.41) is 16.6. The first-order valence-corrected chi connectivity index (χ1v) is 6.09. The minimum atomic E-state index is -0.411. The molecule has 0 atom stereocenters. The quantitative estimate of drug-likeness (QED) is 0.627. The highest BCUT2D eigenvalue weighted by molar-refractivity contribution is 5.77. The van der Waals surface area contributed by atoms with E-state index in [1.807, 2.05) is 11.0 Å². The van der Waals surface area contributed by atoms with Crippen LogP contribution in [-0.2, 0) is 4.79 Å². The number of hydrogen-bond acceptors (Lipinski definition) is 5. The summed E-state index contributed by atoms with van der Waals surface area (Å²) < 4.78 is 0. The van der Waals surface area contributed by atoms with Gasteiger partial charge in [-0.2, -0.15) is 0 Å². The Kier molecular flexibility index (Phi) is 3.84. The molecule has 0 bridgehead atoms. The van der Waals surface area contributed by atoms with Crippen LogP contribution in [-0.4, -0.2) is 37.5 Å². The lowest BCUT2D eigenvalue weighted by Gasteiger charge is -2.22. The van der Waals surface area contributed by atoms with Gasteiger partial charge in [0, 0.05) is 56.6 Å². The van der Waals surface area contributed by atoms with Crippen molar-refractivity contribution in [3.05, 3.63) is 28.3 Å². The van der Waals surface area contributed by atoms with Gasteiger partial charge in [-0.05, 0) is 6.07 Å². The number of nitrogens with one attached hydrogen (secondary N) is 2. The molecule has 19 heavy (non-hydrogen) atoms. The van der Waals surface area contributed by atoms with Crippen LogP contribution in [0, 0.1) is 10.1 Å². The van der Waals surface area contributed by atoms with Crippen LogP contribution in [0.25, 0.3) is 0 Å². The minimum Gasteiger partial charge on any atom is -0.388 e. The third-order valence-electron chi connectivity index (χ3n) is 3.08. The molecular formula is C12H16N4O3. The number of nitrogens with zero attached hydrogens (tertiary/aromatic N) is 2. The van der Waals surface area contributed by atoms with Crippen molar-refractivity contribution in [2.24, 2.45) is 0 Å². The number of amides is 1. The Balaban J connectivity index is 2.29. The van der Waals surface area contributed by atoms with Gasteiger partial charge >= 0.3 is 0 Å². The number of carbonyl (C=O) groups is 1. The SMILES string of the molecule is CNc1cc(N2CCNC(=O)CC2)cc([N+](=O)[O-])c1. The zero-order valence-corrected chi connectivity index (χ0v) is 10.7. The molecule has 0 saturated carbocycles. The molecule has 1 fully saturated rings. The molecule has 102 valence electrons. The predicted octanol–water partition coefficient (Wildman–Crippen LogP) is 0.963. The van der Waals surface area contributed by atoms with Crippen LogP contribution in [0.5, 0.6) is 0 Å². The normalized spacial score (nSPS) is 15.6. The number of non-ortho nitro benzene ring substituents is 1. The van der Waals surface area contributed by atoms with Crippen molar-refractivity contribution in [1.29, 1.82) is 0 Å². The summed E-state index contributed by atoms with van der Waals surface area (Å²) in [6, 6.07) is 4.88. The third kappa shape index (κ3) is 3.12. The lowest BCUT2D eigenvalue weighted by Crippen LogP contribution is -2.28. The van der Waals surface area contributed by atoms with Crippen molar-refractivity contribution in [2.75, 3.05) is 36.9 Å². The van der Waals surface area contributed by atoms with Crippen LogP contribution in [0.2, 0.25) is 0 Å². The maximum atomic E-state index is 11.3. The lowest BCUT2D eigenvalue weighted by atomic mass is 10.2. The molecule has 2 N–H and O–H groups in total. The van der Waals surface area contributed by atoms with Crippen LogP contribution in [0.1, 0.15) is 6.42 Å². The Labute approximate surface area is 110 Å². The van der Waals surface area contributed by atoms with Gasteiger partial charge in [0.2, 0.25) is 5.91 Å². The minimum absolute atomic E-state index is 0.0155. The molecule has 1 aliphatic heterocycles. The van der Waals surface area contributed by atoms with Gasteiger partial charge < -0.3 is 15.5 Å². The van der Waals surface area contributed by atoms with E-state index in [1.54, 1.807) is 7.05 Å². The van der Waals surface area contributed by atoms with Gasteiger partial charge in [0.05, 0.1) is 4.92 Å². The maximum absolute atomic E-state index is 11.3. The molecule has 0 radical (unpaired) electrons. The van der Waals surface area contributed by atoms with E-state index in [0.29, 0.717) is 31.7 Å². The predicted molar refractivity (Wildman–Crippen MR) is 72.5 cm³/mol. The van der Waals surface area contributed by atoms with E-state index in [1.165, 1.54) is 12.1 Å². The van der Waals surface area contributed by atoms with Gasteiger partial charge in [-0.15, -0.1) is 0 Å². The molecule has 1 heterocycles. The van der Waals surface area contributed by atoms with Crippen LogP contribution < -0.4 is 15.5 Å². The summed E-state index contributed by atoms with van der Waals surface area (Å²) in [5.41, 5.74) is 1.49. The van der Waals surface area contributed by atoms with Gasteiger partial charge in [-0.1, -0.05) is 0 Å². The lowest BCUT2D eigenvalue weighted by molar-refractivity contribution is -0.384. The monoisotopic (exact) mass is 264 g/mol. The van der Waals surface area contributed by atoms with Crippen molar-refractivity contribution in [2.45, 2.75) is 6.42 Å². The fourth-order valence-electron chi connectivity index (χ4n) is 2.05. The average molecular weight is 264 g/mol. The Bertz CT molecular complexity index is 504. The first-order valence-electron chi connectivity index (χ1n) is 6.09. The van der Waals surface area contributed by atoms with Gasteiger partial charge in [0.1, 0.15) is 0 Å². The van der Waals surface area contributed by atoms with Crippen molar-refractivity contribution >= 4 is 23.0 Å². The smallest absolute Gasteiger partial charge is 0.273 e. The molecule has 1 amide bonds. The highest BCUT2D eigenvalue weighted by Gasteiger charge is 2.17. The molecular weight excluding hydrogens is 248 g/mol. The molecule has 0 aliphatic carbocycles. The van der Waals surface area contributed by atoms with E-state index in [-0.39, 0.29) is 11.6 Å². The van der Waals surface area contributed by atoms with E-state index in [4.69, 9.17) is 0 Å². The Hall–Kier alpha value is -2.31. The second-order valence-electron chi connectivity index (χ2n) is 4.33. The summed E-state index contributed by atoms with van der Waals surface area (Å²) in [6.45, 7) is 1.77. The summed E-state index contributed by atoms with van der Waals surface area (Å²) in [5.74, 6) is 0.0155. The van der Waals surface area contributed by atoms with Crippen molar-refractivity contribution in [1.82, 2.24) is 5.32 Å². The van der Waals surface area contributed by atoms with E-state index >= 15 is 0 Å². The summed E-state index contributed by atoms with van der Waals surface area (Å²) in [7, 11) is 1.72. The molecule has 1 aromatic carbocycles. The molecule has 7 heteroatoms. The number of nitro groups is 1. The first-order chi connectivity index (χ1) is 9.10. The molecule has 0 spiro atoms. The number of nitro benzene ring substituents is 1. The van der Waals surface area contributed by atoms with E-state index in [0.717, 1.165) is 5.69 Å². The van der Waals surface area contributed by atoms with Crippen LogP contribution in [0.3, 0.4) is 0 Å². The number of carbonyl (C=O) groups excluding carboxylic acids is 1. The second-order valence-corrected chi connectivity index (χ2v) is 4.33. The van der Waals surface area contributed by atoms with Crippen LogP contribution >= 0.6 is 0 Å². The number of hydrogen-bond donors (Lipinski definition) is 2.